The molecule has 0 bridgehead atoms. The molecule has 0 N–H and O–H groups in total. The highest BCUT2D eigenvalue weighted by atomic mass is 35.5. The molecule has 0 aliphatic rings. The summed E-state index contributed by atoms with van der Waals surface area (Å²) in [7, 11) is -3.40. The van der Waals surface area contributed by atoms with Gasteiger partial charge in [0.15, 0.2) is 0 Å². The standard InChI is InChI=1S/C22H20ClN2O3P/c1-15-11-16(2)22(17(3)12-15)29(28,20-7-5-4-6-8-20)24-14-18-13-19(25(26)27)9-10-21(18)23/h4-14H,1-3H3. The van der Waals surface area contributed by atoms with Crippen molar-refractivity contribution in [2.75, 3.05) is 0 Å². The minimum absolute atomic E-state index is 0.104. The van der Waals surface area contributed by atoms with Crippen LogP contribution in [-0.4, -0.2) is 11.1 Å². The molecule has 5 nitrogen and oxygen atoms in total. The van der Waals surface area contributed by atoms with E-state index in [9.17, 15) is 14.7 Å². The molecular weight excluding hydrogens is 407 g/mol. The second-order valence-corrected chi connectivity index (χ2v) is 9.62. The molecule has 0 spiro atoms. The zero-order valence-corrected chi connectivity index (χ0v) is 17.9. The Labute approximate surface area is 174 Å². The minimum atomic E-state index is -3.40. The Balaban J connectivity index is 2.22. The van der Waals surface area contributed by atoms with E-state index in [1.54, 1.807) is 12.1 Å². The molecule has 3 aromatic rings. The number of rotatable bonds is 5. The number of nitrogens with zero attached hydrogens (tertiary/aromatic N) is 2. The highest BCUT2D eigenvalue weighted by Crippen LogP contribution is 2.47. The summed E-state index contributed by atoms with van der Waals surface area (Å²) in [4.78, 5) is 10.6. The molecule has 0 saturated carbocycles. The molecule has 0 aliphatic carbocycles. The summed E-state index contributed by atoms with van der Waals surface area (Å²) < 4.78 is 18.8. The van der Waals surface area contributed by atoms with Crippen LogP contribution in [0.25, 0.3) is 0 Å². The van der Waals surface area contributed by atoms with Gasteiger partial charge in [-0.3, -0.25) is 14.7 Å². The van der Waals surface area contributed by atoms with Gasteiger partial charge in [0, 0.05) is 39.5 Å². The first-order valence-corrected chi connectivity index (χ1v) is 11.0. The van der Waals surface area contributed by atoms with Gasteiger partial charge in [0.1, 0.15) is 0 Å². The van der Waals surface area contributed by atoms with Gasteiger partial charge in [0.05, 0.1) is 4.92 Å². The van der Waals surface area contributed by atoms with Crippen LogP contribution in [0, 0.1) is 30.9 Å². The maximum atomic E-state index is 14.3. The van der Waals surface area contributed by atoms with Crippen LogP contribution in [0.4, 0.5) is 5.69 Å². The Bertz CT molecular complexity index is 1140. The molecule has 0 amide bonds. The van der Waals surface area contributed by atoms with E-state index in [-0.39, 0.29) is 5.69 Å². The smallest absolute Gasteiger partial charge is 0.270 e. The van der Waals surface area contributed by atoms with Crippen molar-refractivity contribution >= 4 is 41.4 Å². The van der Waals surface area contributed by atoms with Crippen molar-refractivity contribution < 1.29 is 9.49 Å². The number of aryl methyl sites for hydroxylation is 3. The fraction of sp³-hybridized carbons (Fsp3) is 0.136. The van der Waals surface area contributed by atoms with Crippen LogP contribution in [0.2, 0.25) is 5.02 Å². The molecule has 3 rings (SSSR count). The van der Waals surface area contributed by atoms with Crippen molar-refractivity contribution in [1.29, 1.82) is 0 Å². The van der Waals surface area contributed by atoms with Gasteiger partial charge in [0.25, 0.3) is 5.69 Å². The second-order valence-electron chi connectivity index (χ2n) is 6.87. The molecule has 7 heteroatoms. The van der Waals surface area contributed by atoms with E-state index in [1.807, 2.05) is 51.1 Å². The molecule has 1 unspecified atom stereocenters. The third kappa shape index (κ3) is 4.31. The van der Waals surface area contributed by atoms with E-state index in [1.165, 1.54) is 24.4 Å². The molecule has 1 atom stereocenters. The van der Waals surface area contributed by atoms with Crippen LogP contribution in [0.5, 0.6) is 0 Å². The predicted octanol–water partition coefficient (Wildman–Crippen LogP) is 5.52. The van der Waals surface area contributed by atoms with Gasteiger partial charge < -0.3 is 0 Å². The number of halogens is 1. The fourth-order valence-corrected chi connectivity index (χ4v) is 6.04. The predicted molar refractivity (Wildman–Crippen MR) is 120 cm³/mol. The Morgan fingerprint density at radius 1 is 1.00 bits per heavy atom. The SMILES string of the molecule is Cc1cc(C)c(P(=O)(N=Cc2cc([N+](=O)[O-])ccc2Cl)c2ccccc2)c(C)c1. The molecular formula is C22H20ClN2O3P. The van der Waals surface area contributed by atoms with Gasteiger partial charge in [-0.1, -0.05) is 47.5 Å². The van der Waals surface area contributed by atoms with E-state index in [2.05, 4.69) is 4.76 Å². The number of non-ortho nitro benzene ring substituents is 1. The van der Waals surface area contributed by atoms with Crippen molar-refractivity contribution in [3.05, 3.63) is 98.1 Å². The van der Waals surface area contributed by atoms with Crippen LogP contribution in [0.15, 0.2) is 65.4 Å². The van der Waals surface area contributed by atoms with Gasteiger partial charge in [-0.2, -0.15) is 0 Å². The number of benzene rings is 3. The van der Waals surface area contributed by atoms with Crippen LogP contribution in [-0.2, 0) is 4.57 Å². The van der Waals surface area contributed by atoms with Crippen molar-refractivity contribution in [2.24, 2.45) is 4.76 Å². The highest BCUT2D eigenvalue weighted by Gasteiger charge is 2.30. The second kappa shape index (κ2) is 8.32. The summed E-state index contributed by atoms with van der Waals surface area (Å²) in [6, 6.07) is 17.1. The minimum Gasteiger partial charge on any atom is -0.288 e. The highest BCUT2D eigenvalue weighted by molar-refractivity contribution is 7.77. The third-order valence-corrected chi connectivity index (χ3v) is 7.69. The van der Waals surface area contributed by atoms with E-state index >= 15 is 0 Å². The van der Waals surface area contributed by atoms with Gasteiger partial charge in [-0.05, 0) is 50.1 Å². The molecule has 0 aliphatic heterocycles. The quantitative estimate of drug-likeness (QED) is 0.233. The Kier molecular flexibility index (Phi) is 6.02. The first-order valence-electron chi connectivity index (χ1n) is 8.96. The zero-order chi connectivity index (χ0) is 21.2. The lowest BCUT2D eigenvalue weighted by atomic mass is 10.1. The van der Waals surface area contributed by atoms with E-state index < -0.39 is 12.2 Å². The lowest BCUT2D eigenvalue weighted by Crippen LogP contribution is -2.20. The lowest BCUT2D eigenvalue weighted by Gasteiger charge is -2.20. The summed E-state index contributed by atoms with van der Waals surface area (Å²) in [5, 5.41) is 12.7. The maximum absolute atomic E-state index is 14.3. The monoisotopic (exact) mass is 426 g/mol. The Morgan fingerprint density at radius 3 is 2.21 bits per heavy atom. The van der Waals surface area contributed by atoms with Crippen LogP contribution >= 0.6 is 18.9 Å². The van der Waals surface area contributed by atoms with Crippen molar-refractivity contribution in [2.45, 2.75) is 20.8 Å². The number of nitro benzene ring substituents is 1. The Hall–Kier alpha value is -2.75. The molecule has 29 heavy (non-hydrogen) atoms. The van der Waals surface area contributed by atoms with E-state index in [4.69, 9.17) is 11.6 Å². The van der Waals surface area contributed by atoms with Crippen LogP contribution in [0.3, 0.4) is 0 Å². The molecule has 0 heterocycles. The van der Waals surface area contributed by atoms with E-state index in [0.29, 0.717) is 21.2 Å². The zero-order valence-electron chi connectivity index (χ0n) is 16.3. The number of nitro groups is 1. The summed E-state index contributed by atoms with van der Waals surface area (Å²) in [6.07, 6.45) is 1.38. The average Bonchev–Trinajstić information content (AvgIpc) is 2.67. The third-order valence-electron chi connectivity index (χ3n) is 4.59. The largest absolute Gasteiger partial charge is 0.288 e. The first-order chi connectivity index (χ1) is 13.7. The van der Waals surface area contributed by atoms with Gasteiger partial charge >= 0.3 is 0 Å². The van der Waals surface area contributed by atoms with Gasteiger partial charge in [-0.25, -0.2) is 4.76 Å². The summed E-state index contributed by atoms with van der Waals surface area (Å²) in [6.45, 7) is 5.82. The topological polar surface area (TPSA) is 72.6 Å². The number of hydrogen-bond donors (Lipinski definition) is 0. The Morgan fingerprint density at radius 2 is 1.62 bits per heavy atom. The first kappa shape index (κ1) is 21.0. The van der Waals surface area contributed by atoms with Crippen molar-refractivity contribution in [3.8, 4) is 0 Å². The summed E-state index contributed by atoms with van der Waals surface area (Å²) >= 11 is 6.20. The molecule has 148 valence electrons. The van der Waals surface area contributed by atoms with Gasteiger partial charge in [-0.15, -0.1) is 0 Å². The van der Waals surface area contributed by atoms with Crippen molar-refractivity contribution in [3.63, 3.8) is 0 Å². The van der Waals surface area contributed by atoms with Crippen LogP contribution in [0.1, 0.15) is 22.3 Å². The van der Waals surface area contributed by atoms with Crippen LogP contribution < -0.4 is 10.6 Å². The summed E-state index contributed by atoms with van der Waals surface area (Å²) in [5.74, 6) is 0. The lowest BCUT2D eigenvalue weighted by molar-refractivity contribution is -0.384. The average molecular weight is 427 g/mol. The molecule has 3 aromatic carbocycles. The number of hydrogen-bond acceptors (Lipinski definition) is 3. The molecule has 0 saturated heterocycles. The molecule has 0 fully saturated rings. The summed E-state index contributed by atoms with van der Waals surface area (Å²) in [5.41, 5.74) is 3.09. The van der Waals surface area contributed by atoms with Crippen molar-refractivity contribution in [1.82, 2.24) is 0 Å². The van der Waals surface area contributed by atoms with Gasteiger partial charge in [0.2, 0.25) is 7.29 Å². The van der Waals surface area contributed by atoms with E-state index in [0.717, 1.165) is 16.7 Å². The normalized spacial score (nSPS) is 13.4. The fourth-order valence-electron chi connectivity index (χ4n) is 3.42. The maximum Gasteiger partial charge on any atom is 0.270 e. The molecule has 0 aromatic heterocycles. The molecule has 0 radical (unpaired) electrons.